The number of benzene rings is 1. The maximum atomic E-state index is 11.6. The van der Waals surface area contributed by atoms with Gasteiger partial charge in [-0.25, -0.2) is 0 Å². The van der Waals surface area contributed by atoms with Crippen LogP contribution in [0.3, 0.4) is 0 Å². The van der Waals surface area contributed by atoms with Crippen LogP contribution in [0, 0.1) is 0 Å². The van der Waals surface area contributed by atoms with Gasteiger partial charge in [0.1, 0.15) is 5.92 Å². The first-order chi connectivity index (χ1) is 8.94. The second kappa shape index (κ2) is 5.70. The molecule has 1 aliphatic carbocycles. The minimum Gasteiger partial charge on any atom is -0.481 e. The molecule has 0 aromatic heterocycles. The second-order valence-corrected chi connectivity index (χ2v) is 5.92. The van der Waals surface area contributed by atoms with Gasteiger partial charge in [0.25, 0.3) is 0 Å². The highest BCUT2D eigenvalue weighted by Gasteiger charge is 2.43. The van der Waals surface area contributed by atoms with Crippen molar-refractivity contribution in [2.75, 3.05) is 0 Å². The summed E-state index contributed by atoms with van der Waals surface area (Å²) in [4.78, 5) is 11.6. The highest BCUT2D eigenvalue weighted by atomic mass is 35.5. The summed E-state index contributed by atoms with van der Waals surface area (Å²) < 4.78 is 0. The van der Waals surface area contributed by atoms with Crippen molar-refractivity contribution in [3.63, 3.8) is 0 Å². The summed E-state index contributed by atoms with van der Waals surface area (Å²) >= 11 is 11.8. The van der Waals surface area contributed by atoms with Gasteiger partial charge in [0.2, 0.25) is 0 Å². The van der Waals surface area contributed by atoms with Gasteiger partial charge in [-0.1, -0.05) is 48.5 Å². The summed E-state index contributed by atoms with van der Waals surface area (Å²) in [5, 5.41) is 20.8. The van der Waals surface area contributed by atoms with E-state index in [0.29, 0.717) is 28.5 Å². The van der Waals surface area contributed by atoms with Gasteiger partial charge in [0.15, 0.2) is 0 Å². The van der Waals surface area contributed by atoms with Crippen molar-refractivity contribution in [2.45, 2.75) is 43.6 Å². The van der Waals surface area contributed by atoms with Crippen LogP contribution in [0.1, 0.15) is 43.6 Å². The summed E-state index contributed by atoms with van der Waals surface area (Å²) in [5.41, 5.74) is -0.687. The van der Waals surface area contributed by atoms with Crippen molar-refractivity contribution in [1.29, 1.82) is 0 Å². The first-order valence-corrected chi connectivity index (χ1v) is 7.10. The highest BCUT2D eigenvalue weighted by molar-refractivity contribution is 6.42. The summed E-state index contributed by atoms with van der Waals surface area (Å²) in [6.07, 6.45) is 3.74. The van der Waals surface area contributed by atoms with E-state index in [1.165, 1.54) is 6.07 Å². The standard InChI is InChI=1S/C14H16Cl2O3/c15-10-5-4-9(8-11(10)16)12(13(17)18)14(19)6-2-1-3-7-14/h4-5,8,12,19H,1-3,6-7H2,(H,17,18)/t12-/m0/s1. The molecule has 0 unspecified atom stereocenters. The van der Waals surface area contributed by atoms with E-state index in [0.717, 1.165) is 19.3 Å². The Labute approximate surface area is 122 Å². The molecule has 1 saturated carbocycles. The molecule has 104 valence electrons. The lowest BCUT2D eigenvalue weighted by molar-refractivity contribution is -0.147. The molecule has 5 heteroatoms. The van der Waals surface area contributed by atoms with Crippen molar-refractivity contribution < 1.29 is 15.0 Å². The van der Waals surface area contributed by atoms with E-state index >= 15 is 0 Å². The number of carbonyl (C=O) groups is 1. The second-order valence-electron chi connectivity index (χ2n) is 5.11. The molecule has 0 amide bonds. The predicted octanol–water partition coefficient (Wildman–Crippen LogP) is 3.86. The number of carboxylic acids is 1. The van der Waals surface area contributed by atoms with Gasteiger partial charge >= 0.3 is 5.97 Å². The molecule has 0 bridgehead atoms. The molecule has 1 fully saturated rings. The fourth-order valence-electron chi connectivity index (χ4n) is 2.83. The summed E-state index contributed by atoms with van der Waals surface area (Å²) in [6, 6.07) is 4.73. The summed E-state index contributed by atoms with van der Waals surface area (Å²) in [7, 11) is 0. The Morgan fingerprint density at radius 3 is 2.32 bits per heavy atom. The van der Waals surface area contributed by atoms with Gasteiger partial charge in [0, 0.05) is 0 Å². The van der Waals surface area contributed by atoms with Crippen molar-refractivity contribution in [1.82, 2.24) is 0 Å². The molecular formula is C14H16Cl2O3. The van der Waals surface area contributed by atoms with Crippen LogP contribution in [0.4, 0.5) is 0 Å². The third-order valence-corrected chi connectivity index (χ3v) is 4.52. The summed E-state index contributed by atoms with van der Waals surface area (Å²) in [5.74, 6) is -1.98. The molecule has 1 atom stereocenters. The van der Waals surface area contributed by atoms with Gasteiger partial charge in [0.05, 0.1) is 15.6 Å². The van der Waals surface area contributed by atoms with Crippen LogP contribution < -0.4 is 0 Å². The van der Waals surface area contributed by atoms with E-state index in [9.17, 15) is 15.0 Å². The Hall–Kier alpha value is -0.770. The van der Waals surface area contributed by atoms with Crippen LogP contribution in [0.5, 0.6) is 0 Å². The van der Waals surface area contributed by atoms with Crippen LogP contribution in [0.15, 0.2) is 18.2 Å². The molecule has 0 aliphatic heterocycles. The molecule has 2 rings (SSSR count). The molecule has 3 nitrogen and oxygen atoms in total. The van der Waals surface area contributed by atoms with E-state index in [1.807, 2.05) is 0 Å². The zero-order valence-corrected chi connectivity index (χ0v) is 11.9. The van der Waals surface area contributed by atoms with Gasteiger partial charge in [-0.2, -0.15) is 0 Å². The fourth-order valence-corrected chi connectivity index (χ4v) is 3.13. The molecule has 1 aromatic rings. The molecule has 1 aromatic carbocycles. The van der Waals surface area contributed by atoms with E-state index in [4.69, 9.17) is 23.2 Å². The monoisotopic (exact) mass is 302 g/mol. The highest BCUT2D eigenvalue weighted by Crippen LogP contribution is 2.41. The van der Waals surface area contributed by atoms with Crippen LogP contribution in [0.25, 0.3) is 0 Å². The largest absolute Gasteiger partial charge is 0.481 e. The Morgan fingerprint density at radius 2 is 1.79 bits per heavy atom. The third-order valence-electron chi connectivity index (χ3n) is 3.78. The van der Waals surface area contributed by atoms with Gasteiger partial charge < -0.3 is 10.2 Å². The maximum Gasteiger partial charge on any atom is 0.313 e. The predicted molar refractivity (Wildman–Crippen MR) is 74.9 cm³/mol. The Balaban J connectivity index is 2.39. The average Bonchev–Trinajstić information content (AvgIpc) is 2.34. The maximum absolute atomic E-state index is 11.6. The molecule has 1 aliphatic rings. The van der Waals surface area contributed by atoms with Crippen LogP contribution >= 0.6 is 23.2 Å². The van der Waals surface area contributed by atoms with Crippen LogP contribution in [-0.4, -0.2) is 21.8 Å². The Bertz CT molecular complexity index is 482. The molecule has 0 heterocycles. The first-order valence-electron chi connectivity index (χ1n) is 6.34. The van der Waals surface area contributed by atoms with E-state index < -0.39 is 17.5 Å². The zero-order chi connectivity index (χ0) is 14.0. The van der Waals surface area contributed by atoms with Crippen molar-refractivity contribution >= 4 is 29.2 Å². The first kappa shape index (κ1) is 14.6. The van der Waals surface area contributed by atoms with E-state index in [2.05, 4.69) is 0 Å². The number of aliphatic carboxylic acids is 1. The number of halogens is 2. The normalized spacial score (nSPS) is 19.9. The SMILES string of the molecule is O=C(O)[C@H](c1ccc(Cl)c(Cl)c1)C1(O)CCCCC1. The fraction of sp³-hybridized carbons (Fsp3) is 0.500. The molecule has 0 spiro atoms. The molecular weight excluding hydrogens is 287 g/mol. The van der Waals surface area contributed by atoms with E-state index in [1.54, 1.807) is 12.1 Å². The third kappa shape index (κ3) is 3.04. The number of rotatable bonds is 3. The lowest BCUT2D eigenvalue weighted by atomic mass is 9.73. The van der Waals surface area contributed by atoms with E-state index in [-0.39, 0.29) is 0 Å². The van der Waals surface area contributed by atoms with Crippen molar-refractivity contribution in [3.8, 4) is 0 Å². The number of hydrogen-bond acceptors (Lipinski definition) is 2. The number of hydrogen-bond donors (Lipinski definition) is 2. The number of aliphatic hydroxyl groups is 1. The topological polar surface area (TPSA) is 57.5 Å². The average molecular weight is 303 g/mol. The van der Waals surface area contributed by atoms with Gasteiger partial charge in [-0.05, 0) is 30.5 Å². The van der Waals surface area contributed by atoms with Crippen molar-refractivity contribution in [2.24, 2.45) is 0 Å². The van der Waals surface area contributed by atoms with Crippen LogP contribution in [-0.2, 0) is 4.79 Å². The molecule has 0 saturated heterocycles. The Kier molecular flexibility index (Phi) is 4.39. The number of carboxylic acid groups (broad SMARTS) is 1. The lowest BCUT2D eigenvalue weighted by Gasteiger charge is -2.37. The minimum atomic E-state index is -1.19. The zero-order valence-electron chi connectivity index (χ0n) is 10.4. The van der Waals surface area contributed by atoms with Crippen molar-refractivity contribution in [3.05, 3.63) is 33.8 Å². The quantitative estimate of drug-likeness (QED) is 0.891. The van der Waals surface area contributed by atoms with Gasteiger partial charge in [-0.15, -0.1) is 0 Å². The molecule has 19 heavy (non-hydrogen) atoms. The molecule has 0 radical (unpaired) electrons. The minimum absolute atomic E-state index is 0.310. The van der Waals surface area contributed by atoms with Crippen LogP contribution in [0.2, 0.25) is 10.0 Å². The lowest BCUT2D eigenvalue weighted by Crippen LogP contribution is -2.42. The smallest absolute Gasteiger partial charge is 0.313 e. The Morgan fingerprint density at radius 1 is 1.16 bits per heavy atom. The van der Waals surface area contributed by atoms with Gasteiger partial charge in [-0.3, -0.25) is 4.79 Å². The summed E-state index contributed by atoms with van der Waals surface area (Å²) in [6.45, 7) is 0. The molecule has 2 N–H and O–H groups in total.